The molecule has 0 bridgehead atoms. The van der Waals surface area contributed by atoms with E-state index in [0.29, 0.717) is 0 Å². The Bertz CT molecular complexity index is 279. The Balaban J connectivity index is 0.000000396. The summed E-state index contributed by atoms with van der Waals surface area (Å²) in [4.78, 5) is 0. The molecule has 1 aromatic rings. The molecule has 0 aromatic carbocycles. The van der Waals surface area contributed by atoms with Gasteiger partial charge in [-0.1, -0.05) is 13.8 Å². The van der Waals surface area contributed by atoms with Gasteiger partial charge in [0.2, 0.25) is 0 Å². The van der Waals surface area contributed by atoms with Crippen LogP contribution in [0.1, 0.15) is 31.7 Å². The van der Waals surface area contributed by atoms with Gasteiger partial charge >= 0.3 is 0 Å². The van der Waals surface area contributed by atoms with Crippen LogP contribution in [-0.4, -0.2) is 16.4 Å². The maximum Gasteiger partial charge on any atom is 0.163 e. The summed E-state index contributed by atoms with van der Waals surface area (Å²) in [6, 6.07) is 0. The highest BCUT2D eigenvalue weighted by Gasteiger charge is 2.17. The van der Waals surface area contributed by atoms with Crippen molar-refractivity contribution in [2.75, 3.05) is 6.61 Å². The van der Waals surface area contributed by atoms with Crippen LogP contribution in [0.3, 0.4) is 0 Å². The summed E-state index contributed by atoms with van der Waals surface area (Å²) in [6.07, 6.45) is 2.17. The van der Waals surface area contributed by atoms with E-state index in [1.54, 1.807) is 0 Å². The van der Waals surface area contributed by atoms with Gasteiger partial charge in [0.25, 0.3) is 0 Å². The van der Waals surface area contributed by atoms with E-state index < -0.39 is 0 Å². The maximum atomic E-state index is 5.49. The van der Waals surface area contributed by atoms with E-state index in [0.717, 1.165) is 36.6 Å². The normalized spacial score (nSPS) is 13.8. The van der Waals surface area contributed by atoms with E-state index in [-0.39, 0.29) is 0 Å². The van der Waals surface area contributed by atoms with Crippen LogP contribution >= 0.6 is 0 Å². The molecule has 3 nitrogen and oxygen atoms in total. The zero-order valence-electron chi connectivity index (χ0n) is 8.92. The largest absolute Gasteiger partial charge is 0.490 e. The lowest BCUT2D eigenvalue weighted by atomic mass is 10.2. The molecule has 1 aliphatic rings. The Morgan fingerprint density at radius 3 is 2.69 bits per heavy atom. The van der Waals surface area contributed by atoms with Crippen LogP contribution in [0.15, 0.2) is 0 Å². The minimum absolute atomic E-state index is 0.847. The Kier molecular flexibility index (Phi) is 3.34. The topological polar surface area (TPSA) is 27.1 Å². The van der Waals surface area contributed by atoms with Gasteiger partial charge in [0, 0.05) is 7.05 Å². The van der Waals surface area contributed by atoms with Crippen molar-refractivity contribution in [2.24, 2.45) is 7.05 Å². The minimum Gasteiger partial charge on any atom is -0.490 e. The molecule has 0 atom stereocenters. The second-order valence-electron chi connectivity index (χ2n) is 2.94. The molecule has 2 rings (SSSR count). The predicted molar refractivity (Wildman–Crippen MR) is 53.1 cm³/mol. The molecule has 1 aliphatic heterocycles. The summed E-state index contributed by atoms with van der Waals surface area (Å²) in [7, 11) is 1.96. The highest BCUT2D eigenvalue weighted by Crippen LogP contribution is 2.26. The lowest BCUT2D eigenvalue weighted by molar-refractivity contribution is 0.286. The second-order valence-corrected chi connectivity index (χ2v) is 2.94. The van der Waals surface area contributed by atoms with Crippen molar-refractivity contribution in [3.05, 3.63) is 11.4 Å². The number of nitrogens with zero attached hydrogens (tertiary/aromatic N) is 2. The lowest BCUT2D eigenvalue weighted by Crippen LogP contribution is -2.07. The molecular formula is C10H18N2O. The van der Waals surface area contributed by atoms with Crippen LogP contribution in [0.25, 0.3) is 0 Å². The number of ether oxygens (including phenoxy) is 1. The average Bonchev–Trinajstić information content (AvgIpc) is 2.47. The fraction of sp³-hybridized carbons (Fsp3) is 0.700. The molecule has 0 spiro atoms. The third kappa shape index (κ3) is 1.85. The molecule has 0 fully saturated rings. The standard InChI is InChI=1S/C8H12N2O.C2H6/c1-6-8-7(9-10(6)2)4-3-5-11-8;1-2/h3-5H2,1-2H3;1-2H3. The van der Waals surface area contributed by atoms with Crippen molar-refractivity contribution < 1.29 is 4.74 Å². The molecule has 0 N–H and O–H groups in total. The highest BCUT2D eigenvalue weighted by molar-refractivity contribution is 5.34. The van der Waals surface area contributed by atoms with Crippen molar-refractivity contribution in [2.45, 2.75) is 33.6 Å². The number of aryl methyl sites for hydroxylation is 2. The molecule has 0 unspecified atom stereocenters. The van der Waals surface area contributed by atoms with E-state index in [4.69, 9.17) is 4.74 Å². The number of hydrogen-bond donors (Lipinski definition) is 0. The molecule has 2 heterocycles. The van der Waals surface area contributed by atoms with Crippen LogP contribution in [0.5, 0.6) is 5.75 Å². The number of hydrogen-bond acceptors (Lipinski definition) is 2. The molecule has 0 aliphatic carbocycles. The molecule has 0 amide bonds. The van der Waals surface area contributed by atoms with Crippen LogP contribution in [0.2, 0.25) is 0 Å². The van der Waals surface area contributed by atoms with E-state index >= 15 is 0 Å². The first kappa shape index (κ1) is 10.1. The summed E-state index contributed by atoms with van der Waals surface area (Å²) in [5, 5.41) is 4.34. The van der Waals surface area contributed by atoms with E-state index in [1.807, 2.05) is 32.5 Å². The Morgan fingerprint density at radius 2 is 2.08 bits per heavy atom. The molecule has 0 saturated carbocycles. The van der Waals surface area contributed by atoms with Crippen LogP contribution in [-0.2, 0) is 13.5 Å². The summed E-state index contributed by atoms with van der Waals surface area (Å²) in [6.45, 7) is 6.89. The van der Waals surface area contributed by atoms with Gasteiger partial charge in [0.15, 0.2) is 5.75 Å². The molecule has 74 valence electrons. The fourth-order valence-corrected chi connectivity index (χ4v) is 1.42. The fourth-order valence-electron chi connectivity index (χ4n) is 1.42. The van der Waals surface area contributed by atoms with Gasteiger partial charge in [-0.3, -0.25) is 4.68 Å². The quantitative estimate of drug-likeness (QED) is 0.614. The van der Waals surface area contributed by atoms with Gasteiger partial charge in [-0.05, 0) is 19.8 Å². The summed E-state index contributed by atoms with van der Waals surface area (Å²) >= 11 is 0. The molecular weight excluding hydrogens is 164 g/mol. The highest BCUT2D eigenvalue weighted by atomic mass is 16.5. The SMILES string of the molecule is CC.Cc1c2c(nn1C)CCCO2. The van der Waals surface area contributed by atoms with Crippen molar-refractivity contribution in [3.8, 4) is 5.75 Å². The van der Waals surface area contributed by atoms with E-state index in [1.165, 1.54) is 0 Å². The molecule has 0 radical (unpaired) electrons. The molecule has 3 heteroatoms. The average molecular weight is 182 g/mol. The number of aromatic nitrogens is 2. The van der Waals surface area contributed by atoms with Gasteiger partial charge < -0.3 is 4.74 Å². The van der Waals surface area contributed by atoms with Crippen LogP contribution in [0.4, 0.5) is 0 Å². The first-order chi connectivity index (χ1) is 6.29. The molecule has 0 saturated heterocycles. The van der Waals surface area contributed by atoms with E-state index in [9.17, 15) is 0 Å². The van der Waals surface area contributed by atoms with Gasteiger partial charge in [-0.25, -0.2) is 0 Å². The Labute approximate surface area is 79.7 Å². The van der Waals surface area contributed by atoms with E-state index in [2.05, 4.69) is 5.10 Å². The zero-order valence-corrected chi connectivity index (χ0v) is 8.92. The van der Waals surface area contributed by atoms with Crippen LogP contribution in [0, 0.1) is 6.92 Å². The Hall–Kier alpha value is -0.990. The minimum atomic E-state index is 0.847. The number of fused-ring (bicyclic) bond motifs is 1. The molecule has 1 aromatic heterocycles. The van der Waals surface area contributed by atoms with Crippen molar-refractivity contribution in [1.29, 1.82) is 0 Å². The Morgan fingerprint density at radius 1 is 1.38 bits per heavy atom. The smallest absolute Gasteiger partial charge is 0.163 e. The molecule has 13 heavy (non-hydrogen) atoms. The van der Waals surface area contributed by atoms with Crippen molar-refractivity contribution >= 4 is 0 Å². The third-order valence-electron chi connectivity index (χ3n) is 2.15. The predicted octanol–water partition coefficient (Wildman–Crippen LogP) is 2.08. The summed E-state index contributed by atoms with van der Waals surface area (Å²) in [5.74, 6) is 1.01. The van der Waals surface area contributed by atoms with Gasteiger partial charge in [-0.15, -0.1) is 0 Å². The first-order valence-electron chi connectivity index (χ1n) is 4.94. The third-order valence-corrected chi connectivity index (χ3v) is 2.15. The van der Waals surface area contributed by atoms with Crippen molar-refractivity contribution in [1.82, 2.24) is 9.78 Å². The second kappa shape index (κ2) is 4.30. The number of rotatable bonds is 0. The van der Waals surface area contributed by atoms with Gasteiger partial charge in [0.1, 0.15) is 5.69 Å². The van der Waals surface area contributed by atoms with Crippen LogP contribution < -0.4 is 4.74 Å². The summed E-state index contributed by atoms with van der Waals surface area (Å²) in [5.41, 5.74) is 2.26. The van der Waals surface area contributed by atoms with Gasteiger partial charge in [0.05, 0.1) is 12.3 Å². The monoisotopic (exact) mass is 182 g/mol. The van der Waals surface area contributed by atoms with Crippen molar-refractivity contribution in [3.63, 3.8) is 0 Å². The lowest BCUT2D eigenvalue weighted by Gasteiger charge is -2.11. The van der Waals surface area contributed by atoms with Gasteiger partial charge in [-0.2, -0.15) is 5.10 Å². The maximum absolute atomic E-state index is 5.49. The summed E-state index contributed by atoms with van der Waals surface area (Å²) < 4.78 is 7.38. The zero-order chi connectivity index (χ0) is 9.84. The first-order valence-corrected chi connectivity index (χ1v) is 4.94.